The molecule has 0 heterocycles. The number of benzene rings is 1. The minimum Gasteiger partial charge on any atom is -0.335 e. The van der Waals surface area contributed by atoms with Crippen molar-refractivity contribution in [2.24, 2.45) is 0 Å². The third-order valence-corrected chi connectivity index (χ3v) is 2.90. The van der Waals surface area contributed by atoms with Gasteiger partial charge in [0.15, 0.2) is 0 Å². The van der Waals surface area contributed by atoms with Gasteiger partial charge in [-0.3, -0.25) is 4.79 Å². The van der Waals surface area contributed by atoms with Crippen LogP contribution >= 0.6 is 23.2 Å². The molecule has 2 nitrogen and oxygen atoms in total. The molecule has 0 saturated heterocycles. The summed E-state index contributed by atoms with van der Waals surface area (Å²) in [6.07, 6.45) is -2.56. The van der Waals surface area contributed by atoms with Crippen LogP contribution < -0.4 is 0 Å². The zero-order valence-corrected chi connectivity index (χ0v) is 11.1. The average molecular weight is 296 g/mol. The van der Waals surface area contributed by atoms with Gasteiger partial charge in [-0.05, 0) is 11.6 Å². The van der Waals surface area contributed by atoms with Crippen LogP contribution in [-0.4, -0.2) is 36.2 Å². The molecule has 1 aromatic carbocycles. The summed E-state index contributed by atoms with van der Waals surface area (Å²) in [5.41, 5.74) is 0.623. The molecular formula is C12H13Cl2F2NO. The Hall–Kier alpha value is -0.870. The van der Waals surface area contributed by atoms with E-state index in [1.165, 1.54) is 0 Å². The smallest absolute Gasteiger partial charge is 0.255 e. The Bertz CT molecular complexity index is 401. The van der Waals surface area contributed by atoms with Crippen LogP contribution in [-0.2, 0) is 11.2 Å². The summed E-state index contributed by atoms with van der Waals surface area (Å²) in [4.78, 5) is 12.9. The first-order chi connectivity index (χ1) is 8.54. The Morgan fingerprint density at radius 3 is 2.56 bits per heavy atom. The fourth-order valence-electron chi connectivity index (χ4n) is 1.50. The van der Waals surface area contributed by atoms with E-state index in [0.717, 1.165) is 4.90 Å². The standard InChI is InChI=1S/C12H13Cl2F2NO/c13-5-6-17(8-11(15)16)12(18)7-9-3-1-2-4-10(9)14/h1-4,11H,5-8H2. The molecular weight excluding hydrogens is 283 g/mol. The van der Waals surface area contributed by atoms with Gasteiger partial charge in [-0.25, -0.2) is 8.78 Å². The lowest BCUT2D eigenvalue weighted by Crippen LogP contribution is -2.37. The quantitative estimate of drug-likeness (QED) is 0.738. The van der Waals surface area contributed by atoms with Crippen LogP contribution in [0.3, 0.4) is 0 Å². The van der Waals surface area contributed by atoms with E-state index >= 15 is 0 Å². The molecule has 0 atom stereocenters. The van der Waals surface area contributed by atoms with Gasteiger partial charge >= 0.3 is 0 Å². The van der Waals surface area contributed by atoms with Crippen LogP contribution in [0, 0.1) is 0 Å². The number of rotatable bonds is 6. The highest BCUT2D eigenvalue weighted by Gasteiger charge is 2.18. The Morgan fingerprint density at radius 2 is 2.00 bits per heavy atom. The number of hydrogen-bond donors (Lipinski definition) is 0. The van der Waals surface area contributed by atoms with E-state index in [9.17, 15) is 13.6 Å². The van der Waals surface area contributed by atoms with Crippen molar-refractivity contribution in [3.8, 4) is 0 Å². The summed E-state index contributed by atoms with van der Waals surface area (Å²) < 4.78 is 24.6. The van der Waals surface area contributed by atoms with Crippen LogP contribution in [0.5, 0.6) is 0 Å². The SMILES string of the molecule is O=C(Cc1ccccc1Cl)N(CCCl)CC(F)F. The van der Waals surface area contributed by atoms with E-state index in [-0.39, 0.29) is 18.8 Å². The topological polar surface area (TPSA) is 20.3 Å². The summed E-state index contributed by atoms with van der Waals surface area (Å²) in [6.45, 7) is -0.495. The van der Waals surface area contributed by atoms with Gasteiger partial charge < -0.3 is 4.90 Å². The Balaban J connectivity index is 2.69. The Morgan fingerprint density at radius 1 is 1.33 bits per heavy atom. The molecule has 6 heteroatoms. The predicted octanol–water partition coefficient (Wildman–Crippen LogP) is 3.22. The molecule has 0 N–H and O–H groups in total. The van der Waals surface area contributed by atoms with Gasteiger partial charge in [-0.2, -0.15) is 0 Å². The number of carbonyl (C=O) groups excluding carboxylic acids is 1. The molecule has 0 aliphatic carbocycles. The van der Waals surface area contributed by atoms with Crippen molar-refractivity contribution in [2.45, 2.75) is 12.8 Å². The van der Waals surface area contributed by atoms with E-state index in [1.807, 2.05) is 0 Å². The van der Waals surface area contributed by atoms with Crippen LogP contribution in [0.25, 0.3) is 0 Å². The highest BCUT2D eigenvalue weighted by molar-refractivity contribution is 6.31. The van der Waals surface area contributed by atoms with Crippen LogP contribution in [0.4, 0.5) is 8.78 Å². The zero-order valence-electron chi connectivity index (χ0n) is 9.58. The second-order valence-electron chi connectivity index (χ2n) is 3.69. The third-order valence-electron chi connectivity index (χ3n) is 2.37. The van der Waals surface area contributed by atoms with Crippen molar-refractivity contribution in [2.75, 3.05) is 19.0 Å². The molecule has 0 aliphatic heterocycles. The molecule has 1 aromatic rings. The van der Waals surface area contributed by atoms with Crippen molar-refractivity contribution >= 4 is 29.1 Å². The number of nitrogens with zero attached hydrogens (tertiary/aromatic N) is 1. The number of carbonyl (C=O) groups is 1. The first-order valence-corrected chi connectivity index (χ1v) is 6.31. The minimum atomic E-state index is -2.57. The van der Waals surface area contributed by atoms with E-state index in [4.69, 9.17) is 23.2 Å². The van der Waals surface area contributed by atoms with E-state index in [0.29, 0.717) is 10.6 Å². The number of hydrogen-bond acceptors (Lipinski definition) is 1. The molecule has 0 spiro atoms. The molecule has 0 bridgehead atoms. The van der Waals surface area contributed by atoms with E-state index < -0.39 is 18.9 Å². The average Bonchev–Trinajstić information content (AvgIpc) is 2.31. The molecule has 18 heavy (non-hydrogen) atoms. The van der Waals surface area contributed by atoms with E-state index in [2.05, 4.69) is 0 Å². The normalized spacial score (nSPS) is 10.7. The van der Waals surface area contributed by atoms with Gasteiger partial charge in [0, 0.05) is 17.4 Å². The first-order valence-electron chi connectivity index (χ1n) is 5.40. The van der Waals surface area contributed by atoms with Gasteiger partial charge in [0.05, 0.1) is 13.0 Å². The van der Waals surface area contributed by atoms with Gasteiger partial charge in [0.25, 0.3) is 6.43 Å². The summed E-state index contributed by atoms with van der Waals surface area (Å²) in [5, 5.41) is 0.453. The molecule has 0 aromatic heterocycles. The highest BCUT2D eigenvalue weighted by Crippen LogP contribution is 2.16. The van der Waals surface area contributed by atoms with Crippen molar-refractivity contribution in [1.29, 1.82) is 0 Å². The summed E-state index contributed by atoms with van der Waals surface area (Å²) in [5.74, 6) is -0.273. The lowest BCUT2D eigenvalue weighted by Gasteiger charge is -2.21. The number of alkyl halides is 3. The highest BCUT2D eigenvalue weighted by atomic mass is 35.5. The lowest BCUT2D eigenvalue weighted by atomic mass is 10.1. The third kappa shape index (κ3) is 4.78. The van der Waals surface area contributed by atoms with Gasteiger partial charge in [-0.15, -0.1) is 11.6 Å². The number of halogens is 4. The fraction of sp³-hybridized carbons (Fsp3) is 0.417. The lowest BCUT2D eigenvalue weighted by molar-refractivity contribution is -0.132. The molecule has 0 unspecified atom stereocenters. The Labute approximate surface area is 114 Å². The second kappa shape index (κ2) is 7.54. The largest absolute Gasteiger partial charge is 0.335 e. The van der Waals surface area contributed by atoms with Crippen LogP contribution in [0.15, 0.2) is 24.3 Å². The molecule has 100 valence electrons. The number of amides is 1. The monoisotopic (exact) mass is 295 g/mol. The van der Waals surface area contributed by atoms with Gasteiger partial charge in [0.1, 0.15) is 0 Å². The predicted molar refractivity (Wildman–Crippen MR) is 68.5 cm³/mol. The van der Waals surface area contributed by atoms with E-state index in [1.54, 1.807) is 24.3 Å². The molecule has 1 rings (SSSR count). The summed E-state index contributed by atoms with van der Waals surface area (Å²) in [6, 6.07) is 6.84. The zero-order chi connectivity index (χ0) is 13.5. The summed E-state index contributed by atoms with van der Waals surface area (Å²) >= 11 is 11.4. The molecule has 0 radical (unpaired) electrons. The summed E-state index contributed by atoms with van der Waals surface area (Å²) in [7, 11) is 0. The fourth-order valence-corrected chi connectivity index (χ4v) is 1.91. The molecule has 0 saturated carbocycles. The maximum absolute atomic E-state index is 12.3. The molecule has 1 amide bonds. The van der Waals surface area contributed by atoms with Gasteiger partial charge in [-0.1, -0.05) is 29.8 Å². The van der Waals surface area contributed by atoms with Crippen molar-refractivity contribution in [3.05, 3.63) is 34.9 Å². The molecule has 0 fully saturated rings. The van der Waals surface area contributed by atoms with Crippen LogP contribution in [0.1, 0.15) is 5.56 Å². The first kappa shape index (κ1) is 15.2. The minimum absolute atomic E-state index is 0.00326. The maximum Gasteiger partial charge on any atom is 0.255 e. The molecule has 0 aliphatic rings. The van der Waals surface area contributed by atoms with Gasteiger partial charge in [0.2, 0.25) is 5.91 Å². The maximum atomic E-state index is 12.3. The Kier molecular flexibility index (Phi) is 6.36. The van der Waals surface area contributed by atoms with Crippen molar-refractivity contribution in [1.82, 2.24) is 4.90 Å². The second-order valence-corrected chi connectivity index (χ2v) is 4.47. The van der Waals surface area contributed by atoms with Crippen LogP contribution in [0.2, 0.25) is 5.02 Å². The van der Waals surface area contributed by atoms with Crippen molar-refractivity contribution < 1.29 is 13.6 Å². The van der Waals surface area contributed by atoms with Crippen molar-refractivity contribution in [3.63, 3.8) is 0 Å².